The number of carbonyl (C=O) groups excluding carboxylic acids is 2. The Bertz CT molecular complexity index is 3000. The van der Waals surface area contributed by atoms with E-state index in [9.17, 15) is 50.2 Å². The van der Waals surface area contributed by atoms with E-state index in [1.807, 2.05) is 54.5 Å². The third-order valence-electron chi connectivity index (χ3n) is 12.0. The first-order chi connectivity index (χ1) is 32.0. The Morgan fingerprint density at radius 3 is 1.70 bits per heavy atom. The molecule has 5 unspecified atom stereocenters. The highest BCUT2D eigenvalue weighted by molar-refractivity contribution is 7.91. The summed E-state index contributed by atoms with van der Waals surface area (Å²) in [4.78, 5) is 26.6. The highest BCUT2D eigenvalue weighted by Gasteiger charge is 2.41. The maximum Gasteiger partial charge on any atom is 0.339 e. The lowest BCUT2D eigenvalue weighted by Gasteiger charge is -2.38. The van der Waals surface area contributed by atoms with Crippen LogP contribution in [-0.2, 0) is 39.0 Å². The van der Waals surface area contributed by atoms with Crippen molar-refractivity contribution in [3.63, 3.8) is 0 Å². The summed E-state index contributed by atoms with van der Waals surface area (Å²) in [7, 11) is -10.9. The summed E-state index contributed by atoms with van der Waals surface area (Å²) < 4.78 is 82.9. The third-order valence-corrected chi connectivity index (χ3v) is 15.5. The van der Waals surface area contributed by atoms with Gasteiger partial charge in [0.05, 0.1) is 36.2 Å². The van der Waals surface area contributed by atoms with Crippen LogP contribution in [0.4, 0.5) is 0 Å². The minimum atomic E-state index is -3.84. The maximum atomic E-state index is 13.2. The number of phenols is 1. The predicted molar refractivity (Wildman–Crippen MR) is 259 cm³/mol. The lowest BCUT2D eigenvalue weighted by atomic mass is 9.75. The van der Waals surface area contributed by atoms with Crippen LogP contribution in [0.1, 0.15) is 83.3 Å². The molecule has 1 heterocycles. The second-order valence-corrected chi connectivity index (χ2v) is 22.1. The lowest BCUT2D eigenvalue weighted by Crippen LogP contribution is -2.57. The van der Waals surface area contributed by atoms with Crippen LogP contribution in [0.2, 0.25) is 0 Å². The molecule has 19 heteroatoms. The van der Waals surface area contributed by atoms with Crippen LogP contribution in [0.15, 0.2) is 94.7 Å². The quantitative estimate of drug-likeness (QED) is 0.114. The van der Waals surface area contributed by atoms with Gasteiger partial charge in [0.2, 0.25) is 0 Å². The number of para-hydroxylation sites is 1. The standard InChI is InChI=1S/C21H22O2.C12H10O4S.C10H14O5S2.C7H14O5/c1-9-8-16-17(13(5)10(9)2)21(23)19-15(7)12(4)11(3)14(6)18(19)20(16)22;13-10-6-8-12(9-7-10)17(14,15)16-11-4-2-1-3-5-11;1-9-4-3-5-10(8-9)17(13,14)7-6-15-16(2,11)12;1-3-5(9)7(11)6(10)4(2-8)12-3/h8H,1-7H3;1-9,13H;3-5,8H,6-7H2,1-2H3;3-11H,2H2,1H3. The number of phenolic OH excluding ortho intramolecular Hbond substituents is 1. The van der Waals surface area contributed by atoms with Crippen LogP contribution >= 0.6 is 0 Å². The summed E-state index contributed by atoms with van der Waals surface area (Å²) in [6, 6.07) is 21.7. The summed E-state index contributed by atoms with van der Waals surface area (Å²) >= 11 is 0. The Morgan fingerprint density at radius 1 is 0.609 bits per heavy atom. The van der Waals surface area contributed by atoms with Gasteiger partial charge in [-0.05, 0) is 161 Å². The fraction of sp³-hybridized carbons (Fsp3) is 0.360. The third kappa shape index (κ3) is 13.7. The van der Waals surface area contributed by atoms with Gasteiger partial charge in [-0.3, -0.25) is 13.8 Å². The summed E-state index contributed by atoms with van der Waals surface area (Å²) in [6.07, 6.45) is -4.06. The van der Waals surface area contributed by atoms with Crippen LogP contribution in [-0.4, -0.2) is 118 Å². The Hall–Kier alpha value is -5.35. The van der Waals surface area contributed by atoms with Gasteiger partial charge in [-0.2, -0.15) is 16.8 Å². The van der Waals surface area contributed by atoms with Gasteiger partial charge in [0.15, 0.2) is 21.4 Å². The molecule has 5 aromatic rings. The van der Waals surface area contributed by atoms with Crippen molar-refractivity contribution < 1.29 is 73.5 Å². The van der Waals surface area contributed by atoms with Crippen molar-refractivity contribution in [3.8, 4) is 11.5 Å². The minimum absolute atomic E-state index is 0.000784. The number of ether oxygens (including phenoxy) is 1. The summed E-state index contributed by atoms with van der Waals surface area (Å²) in [5.74, 6) is -0.114. The van der Waals surface area contributed by atoms with E-state index >= 15 is 0 Å². The molecule has 1 aliphatic heterocycles. The van der Waals surface area contributed by atoms with Crippen LogP contribution in [0, 0.1) is 55.4 Å². The Kier molecular flexibility index (Phi) is 18.8. The molecule has 16 nitrogen and oxygen atoms in total. The van der Waals surface area contributed by atoms with Gasteiger partial charge in [-0.15, -0.1) is 0 Å². The molecule has 374 valence electrons. The predicted octanol–water partition coefficient (Wildman–Crippen LogP) is 5.37. The first-order valence-electron chi connectivity index (χ1n) is 21.6. The number of hydrogen-bond acceptors (Lipinski definition) is 16. The number of hydrogen-bond donors (Lipinski definition) is 5. The van der Waals surface area contributed by atoms with E-state index in [1.54, 1.807) is 56.3 Å². The number of fused-ring (bicyclic) bond motifs is 2. The van der Waals surface area contributed by atoms with Gasteiger partial charge >= 0.3 is 10.1 Å². The lowest BCUT2D eigenvalue weighted by molar-refractivity contribution is -0.224. The zero-order valence-electron chi connectivity index (χ0n) is 40.0. The number of aliphatic hydroxyl groups excluding tert-OH is 4. The van der Waals surface area contributed by atoms with E-state index in [-0.39, 0.29) is 51.8 Å². The van der Waals surface area contributed by atoms with Crippen LogP contribution in [0.3, 0.4) is 0 Å². The second kappa shape index (κ2) is 23.0. The number of benzene rings is 5. The van der Waals surface area contributed by atoms with Crippen molar-refractivity contribution in [2.24, 2.45) is 0 Å². The SMILES string of the molecule is CC1OC(CO)C(O)C(O)C1O.Cc1cc2c(c(C)c1C)C(=O)c1c(C)c(C)c(C)c(C)c1C2=O.Cc1cccc(S(=O)(=O)CCOS(C)(=O)=O)c1.O=S(=O)(Oc1ccccc1)c1ccc(O)cc1. The number of aryl methyl sites for hydroxylation is 2. The smallest absolute Gasteiger partial charge is 0.339 e. The van der Waals surface area contributed by atoms with Gasteiger partial charge in [-0.1, -0.05) is 30.3 Å². The highest BCUT2D eigenvalue weighted by Crippen LogP contribution is 2.37. The molecule has 1 saturated heterocycles. The van der Waals surface area contributed by atoms with Crippen LogP contribution < -0.4 is 4.18 Å². The second-order valence-electron chi connectivity index (χ2n) is 16.8. The first kappa shape index (κ1) is 56.2. The van der Waals surface area contributed by atoms with Crippen molar-refractivity contribution in [2.75, 3.05) is 25.2 Å². The van der Waals surface area contributed by atoms with Crippen LogP contribution in [0.25, 0.3) is 0 Å². The van der Waals surface area contributed by atoms with Crippen LogP contribution in [0.5, 0.6) is 11.5 Å². The van der Waals surface area contributed by atoms with E-state index in [0.29, 0.717) is 22.3 Å². The maximum absolute atomic E-state index is 13.2. The van der Waals surface area contributed by atoms with E-state index < -0.39 is 60.6 Å². The monoisotopic (exact) mass is 1010 g/mol. The van der Waals surface area contributed by atoms with Gasteiger partial charge in [0, 0.05) is 22.3 Å². The topological polar surface area (TPSA) is 265 Å². The fourth-order valence-corrected chi connectivity index (χ4v) is 10.1. The Labute approximate surface area is 404 Å². The van der Waals surface area contributed by atoms with Crippen molar-refractivity contribution in [2.45, 2.75) is 103 Å². The molecule has 7 rings (SSSR count). The van der Waals surface area contributed by atoms with Crippen molar-refractivity contribution in [3.05, 3.63) is 152 Å². The molecule has 0 saturated carbocycles. The molecule has 69 heavy (non-hydrogen) atoms. The molecule has 5 aromatic carbocycles. The number of carbonyl (C=O) groups is 2. The number of aromatic hydroxyl groups is 1. The van der Waals surface area contributed by atoms with E-state index in [2.05, 4.69) is 4.18 Å². The molecule has 0 spiro atoms. The molecular weight excluding hydrogens is 953 g/mol. The number of ketones is 2. The minimum Gasteiger partial charge on any atom is -0.508 e. The highest BCUT2D eigenvalue weighted by atomic mass is 32.2. The fourth-order valence-electron chi connectivity index (χ4n) is 7.47. The molecule has 5 N–H and O–H groups in total. The van der Waals surface area contributed by atoms with Gasteiger partial charge in [0.1, 0.15) is 40.8 Å². The molecule has 1 fully saturated rings. The normalized spacial score (nSPS) is 18.8. The molecular formula is C50H60O16S3. The first-order valence-corrected chi connectivity index (χ1v) is 26.5. The zero-order chi connectivity index (χ0) is 51.9. The zero-order valence-corrected chi connectivity index (χ0v) is 42.5. The summed E-state index contributed by atoms with van der Waals surface area (Å²) in [5.41, 5.74) is 10.3. The van der Waals surface area contributed by atoms with Gasteiger partial charge in [-0.25, -0.2) is 8.42 Å². The van der Waals surface area contributed by atoms with Crippen molar-refractivity contribution in [1.82, 2.24) is 0 Å². The molecule has 0 bridgehead atoms. The largest absolute Gasteiger partial charge is 0.508 e. The average molecular weight is 1010 g/mol. The Balaban J connectivity index is 0.000000205. The Morgan fingerprint density at radius 2 is 1.16 bits per heavy atom. The molecule has 0 radical (unpaired) electrons. The molecule has 2 aliphatic rings. The number of rotatable bonds is 9. The summed E-state index contributed by atoms with van der Waals surface area (Å²) in [5, 5.41) is 45.5. The van der Waals surface area contributed by atoms with E-state index in [0.717, 1.165) is 50.8 Å². The summed E-state index contributed by atoms with van der Waals surface area (Å²) in [6.45, 7) is 16.5. The molecule has 0 amide bonds. The van der Waals surface area contributed by atoms with E-state index in [4.69, 9.17) is 19.1 Å². The average Bonchev–Trinajstić information content (AvgIpc) is 3.28. The molecule has 5 atom stereocenters. The number of aliphatic hydroxyl groups is 4. The molecule has 0 aromatic heterocycles. The van der Waals surface area contributed by atoms with E-state index in [1.165, 1.54) is 36.4 Å². The van der Waals surface area contributed by atoms with Crippen molar-refractivity contribution >= 4 is 41.6 Å². The number of sulfone groups is 1. The van der Waals surface area contributed by atoms with Gasteiger partial charge < -0.3 is 34.5 Å². The van der Waals surface area contributed by atoms with Gasteiger partial charge in [0.25, 0.3) is 10.1 Å². The van der Waals surface area contributed by atoms with Crippen molar-refractivity contribution in [1.29, 1.82) is 0 Å². The molecule has 1 aliphatic carbocycles.